The molecule has 148 valence electrons. The molecule has 0 atom stereocenters. The first-order chi connectivity index (χ1) is 13.9. The van der Waals surface area contributed by atoms with Gasteiger partial charge in [0.2, 0.25) is 0 Å². The van der Waals surface area contributed by atoms with E-state index < -0.39 is 11.7 Å². The lowest BCUT2D eigenvalue weighted by Crippen LogP contribution is -2.23. The van der Waals surface area contributed by atoms with Crippen LogP contribution in [0.3, 0.4) is 0 Å². The summed E-state index contributed by atoms with van der Waals surface area (Å²) in [6, 6.07) is 11.2. The molecule has 0 aliphatic rings. The van der Waals surface area contributed by atoms with Crippen LogP contribution in [-0.4, -0.2) is 28.8 Å². The predicted molar refractivity (Wildman–Crippen MR) is 111 cm³/mol. The molecule has 0 saturated carbocycles. The Morgan fingerprint density at radius 3 is 2.72 bits per heavy atom. The number of carbonyl (C=O) groups is 2. The van der Waals surface area contributed by atoms with E-state index in [1.807, 2.05) is 0 Å². The largest absolute Gasteiger partial charge is 0.382 e. The smallest absolute Gasteiger partial charge is 0.273 e. The number of nitrogens with zero attached hydrogens (tertiary/aromatic N) is 2. The van der Waals surface area contributed by atoms with Crippen molar-refractivity contribution in [3.63, 3.8) is 0 Å². The summed E-state index contributed by atoms with van der Waals surface area (Å²) in [4.78, 5) is 32.6. The molecule has 9 heteroatoms. The lowest BCUT2D eigenvalue weighted by molar-refractivity contribution is 0.0945. The molecule has 0 bridgehead atoms. The number of rotatable bonds is 5. The van der Waals surface area contributed by atoms with Crippen LogP contribution in [0.1, 0.15) is 26.4 Å². The summed E-state index contributed by atoms with van der Waals surface area (Å²) in [5.41, 5.74) is 7.42. The minimum Gasteiger partial charge on any atom is -0.382 e. The van der Waals surface area contributed by atoms with Crippen LogP contribution in [-0.2, 0) is 6.54 Å². The number of amides is 2. The van der Waals surface area contributed by atoms with Crippen molar-refractivity contribution in [1.82, 2.24) is 20.6 Å². The third-order valence-corrected chi connectivity index (χ3v) is 4.60. The van der Waals surface area contributed by atoms with Crippen molar-refractivity contribution in [2.45, 2.75) is 6.54 Å². The maximum Gasteiger partial charge on any atom is 0.273 e. The maximum absolute atomic E-state index is 13.8. The number of anilines is 1. The number of carbonyl (C=O) groups excluding carboxylic acids is 2. The molecule has 0 spiro atoms. The standard InChI is InChI=1S/C20H17BrFN5O2/c1-24-20(29)17-18(23)25-10-16(27-17)11-3-2-4-12(7-11)19(28)26-9-13-8-14(21)5-6-15(13)22/h2-8,10H,9H2,1H3,(H2,23,25)(H,24,29)(H,26,28). The summed E-state index contributed by atoms with van der Waals surface area (Å²) in [6.45, 7) is 0.0385. The fraction of sp³-hybridized carbons (Fsp3) is 0.100. The summed E-state index contributed by atoms with van der Waals surface area (Å²) in [5.74, 6) is -1.22. The predicted octanol–water partition coefficient (Wildman–Crippen LogP) is 2.92. The van der Waals surface area contributed by atoms with Gasteiger partial charge < -0.3 is 16.4 Å². The van der Waals surface area contributed by atoms with Gasteiger partial charge >= 0.3 is 0 Å². The zero-order valence-corrected chi connectivity index (χ0v) is 17.0. The summed E-state index contributed by atoms with van der Waals surface area (Å²) in [5, 5.41) is 5.14. The third-order valence-electron chi connectivity index (χ3n) is 4.11. The van der Waals surface area contributed by atoms with Gasteiger partial charge in [0.15, 0.2) is 11.5 Å². The number of hydrogen-bond donors (Lipinski definition) is 3. The molecule has 1 heterocycles. The molecule has 0 radical (unpaired) electrons. The molecule has 4 N–H and O–H groups in total. The van der Waals surface area contributed by atoms with Gasteiger partial charge in [0, 0.05) is 34.8 Å². The van der Waals surface area contributed by atoms with E-state index in [1.165, 1.54) is 19.3 Å². The van der Waals surface area contributed by atoms with E-state index in [2.05, 4.69) is 36.5 Å². The van der Waals surface area contributed by atoms with Gasteiger partial charge in [-0.1, -0.05) is 28.1 Å². The highest BCUT2D eigenvalue weighted by Gasteiger charge is 2.14. The molecular weight excluding hydrogens is 441 g/mol. The molecule has 2 aromatic carbocycles. The van der Waals surface area contributed by atoms with Gasteiger partial charge in [0.25, 0.3) is 11.8 Å². The zero-order chi connectivity index (χ0) is 21.0. The van der Waals surface area contributed by atoms with Crippen LogP contribution in [0.25, 0.3) is 11.3 Å². The number of nitrogens with two attached hydrogens (primary N) is 1. The lowest BCUT2D eigenvalue weighted by atomic mass is 10.1. The molecule has 1 aromatic heterocycles. The molecule has 2 amide bonds. The Labute approximate surface area is 174 Å². The van der Waals surface area contributed by atoms with Crippen molar-refractivity contribution in [3.8, 4) is 11.3 Å². The molecule has 3 rings (SSSR count). The van der Waals surface area contributed by atoms with Crippen LogP contribution >= 0.6 is 15.9 Å². The van der Waals surface area contributed by atoms with Crippen LogP contribution < -0.4 is 16.4 Å². The highest BCUT2D eigenvalue weighted by Crippen LogP contribution is 2.20. The number of nitrogen functional groups attached to an aromatic ring is 1. The van der Waals surface area contributed by atoms with E-state index in [4.69, 9.17) is 5.73 Å². The third kappa shape index (κ3) is 4.75. The Hall–Kier alpha value is -3.33. The molecule has 0 unspecified atom stereocenters. The molecular formula is C20H17BrFN5O2. The Bertz CT molecular complexity index is 1090. The van der Waals surface area contributed by atoms with Crippen LogP contribution in [0.5, 0.6) is 0 Å². The van der Waals surface area contributed by atoms with Crippen molar-refractivity contribution in [1.29, 1.82) is 0 Å². The van der Waals surface area contributed by atoms with Gasteiger partial charge in [0.05, 0.1) is 11.9 Å². The van der Waals surface area contributed by atoms with Crippen molar-refractivity contribution in [2.24, 2.45) is 0 Å². The number of benzene rings is 2. The Morgan fingerprint density at radius 2 is 1.97 bits per heavy atom. The van der Waals surface area contributed by atoms with Crippen molar-refractivity contribution in [2.75, 3.05) is 12.8 Å². The van der Waals surface area contributed by atoms with Gasteiger partial charge in [-0.3, -0.25) is 9.59 Å². The molecule has 29 heavy (non-hydrogen) atoms. The minimum atomic E-state index is -0.457. The molecule has 0 saturated heterocycles. The van der Waals surface area contributed by atoms with Crippen LogP contribution in [0, 0.1) is 5.82 Å². The van der Waals surface area contributed by atoms with E-state index in [9.17, 15) is 14.0 Å². The zero-order valence-electron chi connectivity index (χ0n) is 15.4. The van der Waals surface area contributed by atoms with E-state index in [-0.39, 0.29) is 24.0 Å². The summed E-state index contributed by atoms with van der Waals surface area (Å²) >= 11 is 3.28. The van der Waals surface area contributed by atoms with Crippen molar-refractivity contribution < 1.29 is 14.0 Å². The fourth-order valence-corrected chi connectivity index (χ4v) is 3.01. The van der Waals surface area contributed by atoms with E-state index in [1.54, 1.807) is 36.4 Å². The lowest BCUT2D eigenvalue weighted by Gasteiger charge is -2.09. The highest BCUT2D eigenvalue weighted by molar-refractivity contribution is 9.10. The van der Waals surface area contributed by atoms with Crippen LogP contribution in [0.2, 0.25) is 0 Å². The van der Waals surface area contributed by atoms with Crippen molar-refractivity contribution in [3.05, 3.63) is 75.8 Å². The number of hydrogen-bond acceptors (Lipinski definition) is 5. The van der Waals surface area contributed by atoms with Gasteiger partial charge in [0.1, 0.15) is 5.82 Å². The quantitative estimate of drug-likeness (QED) is 0.545. The minimum absolute atomic E-state index is 0.00462. The van der Waals surface area contributed by atoms with Gasteiger partial charge in [-0.25, -0.2) is 14.4 Å². The average Bonchev–Trinajstić information content (AvgIpc) is 2.74. The van der Waals surface area contributed by atoms with Gasteiger partial charge in [-0.15, -0.1) is 0 Å². The van der Waals surface area contributed by atoms with E-state index >= 15 is 0 Å². The Balaban J connectivity index is 1.81. The fourth-order valence-electron chi connectivity index (χ4n) is 2.60. The van der Waals surface area contributed by atoms with Gasteiger partial charge in [-0.05, 0) is 30.3 Å². The molecule has 7 nitrogen and oxygen atoms in total. The Morgan fingerprint density at radius 1 is 1.17 bits per heavy atom. The second-order valence-corrected chi connectivity index (χ2v) is 6.98. The molecule has 0 aliphatic heterocycles. The van der Waals surface area contributed by atoms with Crippen LogP contribution in [0.15, 0.2) is 53.1 Å². The first-order valence-electron chi connectivity index (χ1n) is 8.56. The maximum atomic E-state index is 13.8. The number of nitrogens with one attached hydrogen (secondary N) is 2. The first kappa shape index (κ1) is 20.4. The highest BCUT2D eigenvalue weighted by atomic mass is 79.9. The normalized spacial score (nSPS) is 10.4. The van der Waals surface area contributed by atoms with E-state index in [0.717, 1.165) is 4.47 Å². The first-order valence-corrected chi connectivity index (χ1v) is 9.35. The number of halogens is 2. The molecule has 0 fully saturated rings. The number of aromatic nitrogens is 2. The van der Waals surface area contributed by atoms with E-state index in [0.29, 0.717) is 22.4 Å². The summed E-state index contributed by atoms with van der Waals surface area (Å²) in [6.07, 6.45) is 1.43. The topological polar surface area (TPSA) is 110 Å². The van der Waals surface area contributed by atoms with Gasteiger partial charge in [-0.2, -0.15) is 0 Å². The second-order valence-electron chi connectivity index (χ2n) is 6.07. The van der Waals surface area contributed by atoms with Crippen molar-refractivity contribution >= 4 is 33.6 Å². The molecule has 0 aliphatic carbocycles. The van der Waals surface area contributed by atoms with Crippen LogP contribution in [0.4, 0.5) is 10.2 Å². The average molecular weight is 458 g/mol. The Kier molecular flexibility index (Phi) is 6.18. The summed E-state index contributed by atoms with van der Waals surface area (Å²) in [7, 11) is 1.47. The second kappa shape index (κ2) is 8.78. The molecule has 3 aromatic rings. The summed E-state index contributed by atoms with van der Waals surface area (Å²) < 4.78 is 14.6. The SMILES string of the molecule is CNC(=O)c1nc(-c2cccc(C(=O)NCc3cc(Br)ccc3F)c2)cnc1N. The monoisotopic (exact) mass is 457 g/mol.